The highest BCUT2D eigenvalue weighted by Crippen LogP contribution is 2.17. The Balaban J connectivity index is 2.84. The molecule has 0 aliphatic carbocycles. The van der Waals surface area contributed by atoms with Crippen molar-refractivity contribution >= 4 is 11.9 Å². The van der Waals surface area contributed by atoms with Crippen LogP contribution < -0.4 is 0 Å². The molecule has 24 heavy (non-hydrogen) atoms. The molecule has 1 aliphatic rings. The summed E-state index contributed by atoms with van der Waals surface area (Å²) in [6, 6.07) is 0. The number of carbonyl (C=O) groups excluding carboxylic acids is 2. The van der Waals surface area contributed by atoms with E-state index in [0.29, 0.717) is 19.3 Å². The Morgan fingerprint density at radius 3 is 2.83 bits per heavy atom. The average Bonchev–Trinajstić information content (AvgIpc) is 2.55. The second-order valence-corrected chi connectivity index (χ2v) is 5.56. The van der Waals surface area contributed by atoms with Gasteiger partial charge in [-0.05, 0) is 26.2 Å². The zero-order valence-electron chi connectivity index (χ0n) is 14.1. The monoisotopic (exact) mass is 338 g/mol. The number of aliphatic hydroxyl groups is 2. The smallest absolute Gasteiger partial charge is 0.347 e. The molecule has 0 bridgehead atoms. The van der Waals surface area contributed by atoms with Crippen molar-refractivity contribution in [2.24, 2.45) is 0 Å². The summed E-state index contributed by atoms with van der Waals surface area (Å²) < 4.78 is 10.4. The lowest BCUT2D eigenvalue weighted by Gasteiger charge is -2.27. The van der Waals surface area contributed by atoms with E-state index in [2.05, 4.69) is 0 Å². The van der Waals surface area contributed by atoms with Gasteiger partial charge in [-0.15, -0.1) is 0 Å². The third kappa shape index (κ3) is 6.68. The number of cyclic esters (lactones) is 1. The first-order chi connectivity index (χ1) is 11.5. The summed E-state index contributed by atoms with van der Waals surface area (Å²) in [7, 11) is 0. The van der Waals surface area contributed by atoms with Crippen molar-refractivity contribution in [1.82, 2.24) is 0 Å². The van der Waals surface area contributed by atoms with Crippen molar-refractivity contribution in [2.75, 3.05) is 0 Å². The van der Waals surface area contributed by atoms with E-state index in [1.165, 1.54) is 18.2 Å². The molecule has 0 radical (unpaired) electrons. The van der Waals surface area contributed by atoms with E-state index in [9.17, 15) is 19.8 Å². The Hall–Kier alpha value is -1.92. The number of carbonyl (C=O) groups is 2. The second-order valence-electron chi connectivity index (χ2n) is 5.56. The van der Waals surface area contributed by atoms with Gasteiger partial charge in [-0.3, -0.25) is 0 Å². The fraction of sp³-hybridized carbons (Fsp3) is 0.556. The summed E-state index contributed by atoms with van der Waals surface area (Å²) in [4.78, 5) is 24.0. The number of aliphatic hydroxyl groups excluding tert-OH is 2. The first-order valence-electron chi connectivity index (χ1n) is 8.22. The molecule has 4 atom stereocenters. The van der Waals surface area contributed by atoms with E-state index in [4.69, 9.17) is 9.47 Å². The molecule has 1 aliphatic heterocycles. The van der Waals surface area contributed by atoms with Crippen LogP contribution in [0.5, 0.6) is 0 Å². The van der Waals surface area contributed by atoms with Crippen LogP contribution in [0.1, 0.15) is 39.5 Å². The lowest BCUT2D eigenvalue weighted by Crippen LogP contribution is -2.42. The minimum Gasteiger partial charge on any atom is -0.457 e. The highest BCUT2D eigenvalue weighted by molar-refractivity contribution is 5.85. The van der Waals surface area contributed by atoms with Gasteiger partial charge in [0.2, 0.25) is 0 Å². The van der Waals surface area contributed by atoms with Gasteiger partial charge in [-0.2, -0.15) is 0 Å². The van der Waals surface area contributed by atoms with Gasteiger partial charge in [0, 0.05) is 6.08 Å². The fourth-order valence-corrected chi connectivity index (χ4v) is 2.28. The minimum absolute atomic E-state index is 0.250. The predicted molar refractivity (Wildman–Crippen MR) is 89.0 cm³/mol. The van der Waals surface area contributed by atoms with Gasteiger partial charge < -0.3 is 19.7 Å². The summed E-state index contributed by atoms with van der Waals surface area (Å²) in [6.45, 7) is 3.69. The van der Waals surface area contributed by atoms with Gasteiger partial charge >= 0.3 is 11.9 Å². The van der Waals surface area contributed by atoms with Gasteiger partial charge in [0.05, 0.1) is 0 Å². The van der Waals surface area contributed by atoms with Crippen LogP contribution in [0.25, 0.3) is 0 Å². The van der Waals surface area contributed by atoms with Crippen LogP contribution in [0.15, 0.2) is 36.5 Å². The van der Waals surface area contributed by atoms with Gasteiger partial charge in [0.1, 0.15) is 18.3 Å². The molecule has 1 rings (SSSR count). The third-order valence-corrected chi connectivity index (χ3v) is 3.56. The van der Waals surface area contributed by atoms with Crippen LogP contribution in [0, 0.1) is 0 Å². The van der Waals surface area contributed by atoms with Crippen LogP contribution in [0.4, 0.5) is 0 Å². The van der Waals surface area contributed by atoms with Crippen LogP contribution in [-0.2, 0) is 19.1 Å². The van der Waals surface area contributed by atoms with Crippen molar-refractivity contribution in [3.63, 3.8) is 0 Å². The molecule has 0 aromatic carbocycles. The van der Waals surface area contributed by atoms with Crippen molar-refractivity contribution in [3.8, 4) is 0 Å². The normalized spacial score (nSPS) is 30.2. The Morgan fingerprint density at radius 1 is 1.42 bits per heavy atom. The van der Waals surface area contributed by atoms with E-state index in [-0.39, 0.29) is 6.42 Å². The molecule has 0 saturated carbocycles. The Bertz CT molecular complexity index is 494. The molecule has 0 amide bonds. The van der Waals surface area contributed by atoms with Crippen LogP contribution >= 0.6 is 0 Å². The largest absolute Gasteiger partial charge is 0.457 e. The highest BCUT2D eigenvalue weighted by atomic mass is 16.6. The molecule has 2 N–H and O–H groups in total. The van der Waals surface area contributed by atoms with Gasteiger partial charge in [-0.1, -0.05) is 43.7 Å². The first-order valence-corrected chi connectivity index (χ1v) is 8.22. The molecule has 134 valence electrons. The summed E-state index contributed by atoms with van der Waals surface area (Å²) in [5, 5.41) is 20.0. The van der Waals surface area contributed by atoms with Crippen molar-refractivity contribution < 1.29 is 29.3 Å². The molecule has 0 spiro atoms. The Kier molecular flexibility index (Phi) is 9.04. The van der Waals surface area contributed by atoms with Gasteiger partial charge in [0.25, 0.3) is 0 Å². The SMILES string of the molecule is C/C=C/C=C/C(=O)O[C@@H]1CC/C=C\[C@H](O)[C@@H](O)[C@H](CCC)OC1=O. The topological polar surface area (TPSA) is 93.1 Å². The molecular formula is C18H26O6. The molecule has 0 saturated heterocycles. The van der Waals surface area contributed by atoms with Crippen molar-refractivity contribution in [2.45, 2.75) is 63.9 Å². The highest BCUT2D eigenvalue weighted by Gasteiger charge is 2.32. The average molecular weight is 338 g/mol. The van der Waals surface area contributed by atoms with Crippen LogP contribution in [0.3, 0.4) is 0 Å². The summed E-state index contributed by atoms with van der Waals surface area (Å²) >= 11 is 0. The molecular weight excluding hydrogens is 312 g/mol. The molecule has 6 nitrogen and oxygen atoms in total. The number of rotatable bonds is 5. The van der Waals surface area contributed by atoms with Crippen LogP contribution in [0.2, 0.25) is 0 Å². The second kappa shape index (κ2) is 10.8. The molecule has 0 aromatic heterocycles. The molecule has 0 fully saturated rings. The zero-order chi connectivity index (χ0) is 17.9. The number of allylic oxidation sites excluding steroid dienone is 4. The lowest BCUT2D eigenvalue weighted by atomic mass is 10.0. The lowest BCUT2D eigenvalue weighted by molar-refractivity contribution is -0.176. The number of hydrogen-bond donors (Lipinski definition) is 2. The number of ether oxygens (including phenoxy) is 2. The molecule has 1 heterocycles. The summed E-state index contributed by atoms with van der Waals surface area (Å²) in [6.07, 6.45) is 6.83. The van der Waals surface area contributed by atoms with Gasteiger partial charge in [0.15, 0.2) is 6.10 Å². The molecule has 0 aromatic rings. The Morgan fingerprint density at radius 2 is 2.17 bits per heavy atom. The van der Waals surface area contributed by atoms with Crippen molar-refractivity contribution in [1.29, 1.82) is 0 Å². The van der Waals surface area contributed by atoms with E-state index in [1.54, 1.807) is 18.2 Å². The molecule has 0 unspecified atom stereocenters. The number of hydrogen-bond acceptors (Lipinski definition) is 6. The fourth-order valence-electron chi connectivity index (χ4n) is 2.28. The predicted octanol–water partition coefficient (Wildman–Crippen LogP) is 1.81. The van der Waals surface area contributed by atoms with E-state index < -0.39 is 36.4 Å². The first kappa shape index (κ1) is 20.1. The zero-order valence-corrected chi connectivity index (χ0v) is 14.1. The maximum Gasteiger partial charge on any atom is 0.347 e. The summed E-state index contributed by atoms with van der Waals surface area (Å²) in [5.74, 6) is -1.34. The Labute approximate surface area is 142 Å². The standard InChI is InChI=1S/C18H26O6/c1-3-5-6-12-16(20)23-15-11-8-7-10-13(19)17(21)14(9-4-2)24-18(15)22/h3,5-7,10,12-15,17,19,21H,4,8-9,11H2,1-2H3/b5-3+,10-7-,12-6+/t13-,14-,15+,17+/m0/s1. The van der Waals surface area contributed by atoms with E-state index in [0.717, 1.165) is 0 Å². The minimum atomic E-state index is -1.21. The maximum absolute atomic E-state index is 12.3. The summed E-state index contributed by atoms with van der Waals surface area (Å²) in [5.41, 5.74) is 0. The van der Waals surface area contributed by atoms with Gasteiger partial charge in [-0.25, -0.2) is 9.59 Å². The van der Waals surface area contributed by atoms with Crippen LogP contribution in [-0.4, -0.2) is 46.6 Å². The number of esters is 2. The third-order valence-electron chi connectivity index (χ3n) is 3.56. The van der Waals surface area contributed by atoms with E-state index in [1.807, 2.05) is 13.8 Å². The van der Waals surface area contributed by atoms with Crippen molar-refractivity contribution in [3.05, 3.63) is 36.5 Å². The quantitative estimate of drug-likeness (QED) is 0.344. The maximum atomic E-state index is 12.3. The van der Waals surface area contributed by atoms with E-state index >= 15 is 0 Å². The molecule has 6 heteroatoms.